The minimum absolute atomic E-state index is 0.0183. The molecule has 0 aromatic heterocycles. The van der Waals surface area contributed by atoms with Crippen molar-refractivity contribution in [3.63, 3.8) is 0 Å². The van der Waals surface area contributed by atoms with E-state index >= 15 is 0 Å². The van der Waals surface area contributed by atoms with Gasteiger partial charge in [-0.1, -0.05) is 13.8 Å². The van der Waals surface area contributed by atoms with Crippen LogP contribution in [0.5, 0.6) is 0 Å². The van der Waals surface area contributed by atoms with Crippen molar-refractivity contribution in [1.82, 2.24) is 0 Å². The van der Waals surface area contributed by atoms with Crippen LogP contribution in [-0.2, 0) is 16.0 Å². The van der Waals surface area contributed by atoms with E-state index in [1.165, 1.54) is 0 Å². The lowest BCUT2D eigenvalue weighted by Crippen LogP contribution is -2.39. The molecule has 0 radical (unpaired) electrons. The minimum Gasteiger partial charge on any atom is -0.443 e. The zero-order valence-corrected chi connectivity index (χ0v) is 15.3. The largest absolute Gasteiger partial charge is 0.443 e. The van der Waals surface area contributed by atoms with Gasteiger partial charge in [0, 0.05) is 18.7 Å². The summed E-state index contributed by atoms with van der Waals surface area (Å²) in [6.45, 7) is 10.3. The van der Waals surface area contributed by atoms with E-state index in [9.17, 15) is 9.59 Å². The molecule has 0 aliphatic carbocycles. The predicted octanol–water partition coefficient (Wildman–Crippen LogP) is 4.36. The Labute approximate surface area is 144 Å². The van der Waals surface area contributed by atoms with Crippen molar-refractivity contribution in [3.8, 4) is 0 Å². The second-order valence-corrected chi connectivity index (χ2v) is 7.73. The molecule has 2 rings (SSSR count). The van der Waals surface area contributed by atoms with Gasteiger partial charge in [-0.25, -0.2) is 4.79 Å². The molecule has 0 fully saturated rings. The zero-order valence-electron chi connectivity index (χ0n) is 15.3. The van der Waals surface area contributed by atoms with Crippen LogP contribution in [0.2, 0.25) is 0 Å². The van der Waals surface area contributed by atoms with E-state index in [1.54, 1.807) is 4.90 Å². The Morgan fingerprint density at radius 1 is 1.29 bits per heavy atom. The van der Waals surface area contributed by atoms with Crippen molar-refractivity contribution in [2.75, 3.05) is 16.8 Å². The van der Waals surface area contributed by atoms with Crippen molar-refractivity contribution in [1.29, 1.82) is 0 Å². The fraction of sp³-hybridized carbons (Fsp3) is 0.579. The van der Waals surface area contributed by atoms with Gasteiger partial charge >= 0.3 is 6.09 Å². The molecule has 5 nitrogen and oxygen atoms in total. The number of carbonyl (C=O) groups excluding carboxylic acids is 2. The molecule has 0 saturated heterocycles. The number of hydrogen-bond acceptors (Lipinski definition) is 3. The molecule has 132 valence electrons. The first kappa shape index (κ1) is 18.3. The molecule has 5 heteroatoms. The Balaban J connectivity index is 2.14. The molecule has 0 bridgehead atoms. The summed E-state index contributed by atoms with van der Waals surface area (Å²) in [5.74, 6) is 0.343. The number of ether oxygens (including phenoxy) is 1. The van der Waals surface area contributed by atoms with Crippen LogP contribution in [0, 0.1) is 5.92 Å². The fourth-order valence-corrected chi connectivity index (χ4v) is 2.76. The Morgan fingerprint density at radius 2 is 2.00 bits per heavy atom. The molecule has 1 heterocycles. The van der Waals surface area contributed by atoms with Crippen molar-refractivity contribution >= 4 is 23.4 Å². The average Bonchev–Trinajstić information content (AvgIpc) is 2.43. The monoisotopic (exact) mass is 332 g/mol. The third kappa shape index (κ3) is 4.98. The molecule has 1 aromatic carbocycles. The summed E-state index contributed by atoms with van der Waals surface area (Å²) in [4.78, 5) is 26.0. The molecule has 1 aliphatic rings. The highest BCUT2D eigenvalue weighted by Crippen LogP contribution is 2.31. The van der Waals surface area contributed by atoms with Crippen molar-refractivity contribution in [2.24, 2.45) is 5.92 Å². The van der Waals surface area contributed by atoms with Crippen LogP contribution < -0.4 is 10.2 Å². The van der Waals surface area contributed by atoms with Gasteiger partial charge in [0.1, 0.15) is 5.60 Å². The first-order valence-electron chi connectivity index (χ1n) is 8.59. The zero-order chi connectivity index (χ0) is 17.9. The van der Waals surface area contributed by atoms with Crippen LogP contribution in [0.15, 0.2) is 18.2 Å². The number of nitrogens with one attached hydrogen (secondary N) is 1. The van der Waals surface area contributed by atoms with Gasteiger partial charge in [0.2, 0.25) is 5.91 Å². The second kappa shape index (κ2) is 7.24. The number of rotatable bonds is 3. The fourth-order valence-electron chi connectivity index (χ4n) is 2.76. The van der Waals surface area contributed by atoms with E-state index < -0.39 is 5.60 Å². The molecule has 0 spiro atoms. The third-order valence-electron chi connectivity index (χ3n) is 3.69. The van der Waals surface area contributed by atoms with Gasteiger partial charge in [-0.2, -0.15) is 0 Å². The number of aryl methyl sites for hydroxylation is 1. The lowest BCUT2D eigenvalue weighted by Gasteiger charge is -2.32. The molecule has 1 N–H and O–H groups in total. The molecular weight excluding hydrogens is 304 g/mol. The lowest BCUT2D eigenvalue weighted by molar-refractivity contribution is -0.116. The Morgan fingerprint density at radius 3 is 2.62 bits per heavy atom. The quantitative estimate of drug-likeness (QED) is 0.894. The maximum Gasteiger partial charge on any atom is 0.414 e. The molecule has 0 saturated carbocycles. The predicted molar refractivity (Wildman–Crippen MR) is 96.4 cm³/mol. The van der Waals surface area contributed by atoms with E-state index in [4.69, 9.17) is 4.74 Å². The topological polar surface area (TPSA) is 58.6 Å². The van der Waals surface area contributed by atoms with Crippen molar-refractivity contribution in [2.45, 2.75) is 59.5 Å². The molecule has 24 heavy (non-hydrogen) atoms. The van der Waals surface area contributed by atoms with E-state index in [0.29, 0.717) is 18.9 Å². The van der Waals surface area contributed by atoms with Gasteiger partial charge in [-0.15, -0.1) is 0 Å². The lowest BCUT2D eigenvalue weighted by atomic mass is 10.0. The summed E-state index contributed by atoms with van der Waals surface area (Å²) in [5, 5.41) is 2.93. The summed E-state index contributed by atoms with van der Waals surface area (Å²) in [6.07, 6.45) is 1.96. The summed E-state index contributed by atoms with van der Waals surface area (Å²) in [7, 11) is 0. The number of nitrogens with zero attached hydrogens (tertiary/aromatic N) is 1. The van der Waals surface area contributed by atoms with Gasteiger partial charge in [-0.05, 0) is 63.3 Å². The standard InChI is InChI=1S/C19H28N2O3/c1-13(2)11-17(22)20-15-8-9-16-14(12-15)7-6-10-21(16)18(23)24-19(3,4)5/h8-9,12-13H,6-7,10-11H2,1-5H3,(H,20,22). The third-order valence-corrected chi connectivity index (χ3v) is 3.69. The normalized spacial score (nSPS) is 14.3. The SMILES string of the molecule is CC(C)CC(=O)Nc1ccc2c(c1)CCCN2C(=O)OC(C)(C)C. The Hall–Kier alpha value is -2.04. The summed E-state index contributed by atoms with van der Waals surface area (Å²) in [6, 6.07) is 5.70. The Kier molecular flexibility index (Phi) is 5.52. The number of amides is 2. The number of fused-ring (bicyclic) bond motifs is 1. The van der Waals surface area contributed by atoms with Gasteiger partial charge in [0.05, 0.1) is 5.69 Å². The van der Waals surface area contributed by atoms with E-state index in [0.717, 1.165) is 29.8 Å². The number of benzene rings is 1. The molecule has 1 aromatic rings. The second-order valence-electron chi connectivity index (χ2n) is 7.73. The first-order chi connectivity index (χ1) is 11.2. The minimum atomic E-state index is -0.514. The van der Waals surface area contributed by atoms with Gasteiger partial charge in [0.15, 0.2) is 0 Å². The van der Waals surface area contributed by atoms with E-state index in [2.05, 4.69) is 5.32 Å². The van der Waals surface area contributed by atoms with Crippen molar-refractivity contribution < 1.29 is 14.3 Å². The highest BCUT2D eigenvalue weighted by Gasteiger charge is 2.27. The number of carbonyl (C=O) groups is 2. The van der Waals surface area contributed by atoms with E-state index in [-0.39, 0.29) is 12.0 Å². The highest BCUT2D eigenvalue weighted by molar-refractivity contribution is 5.93. The smallest absolute Gasteiger partial charge is 0.414 e. The molecule has 0 unspecified atom stereocenters. The van der Waals surface area contributed by atoms with Crippen LogP contribution in [0.25, 0.3) is 0 Å². The van der Waals surface area contributed by atoms with Crippen molar-refractivity contribution in [3.05, 3.63) is 23.8 Å². The van der Waals surface area contributed by atoms with Crippen LogP contribution >= 0.6 is 0 Å². The van der Waals surface area contributed by atoms with Gasteiger partial charge in [-0.3, -0.25) is 9.69 Å². The highest BCUT2D eigenvalue weighted by atomic mass is 16.6. The summed E-state index contributed by atoms with van der Waals surface area (Å²) < 4.78 is 5.49. The summed E-state index contributed by atoms with van der Waals surface area (Å²) >= 11 is 0. The van der Waals surface area contributed by atoms with Crippen LogP contribution in [-0.4, -0.2) is 24.1 Å². The summed E-state index contributed by atoms with van der Waals surface area (Å²) in [5.41, 5.74) is 2.21. The molecule has 2 amide bonds. The maximum atomic E-state index is 12.4. The van der Waals surface area contributed by atoms with Crippen LogP contribution in [0.1, 0.15) is 53.0 Å². The molecule has 1 aliphatic heterocycles. The van der Waals surface area contributed by atoms with Crippen LogP contribution in [0.3, 0.4) is 0 Å². The van der Waals surface area contributed by atoms with E-state index in [1.807, 2.05) is 52.8 Å². The van der Waals surface area contributed by atoms with Gasteiger partial charge in [0.25, 0.3) is 0 Å². The average molecular weight is 332 g/mol. The maximum absolute atomic E-state index is 12.4. The number of hydrogen-bond donors (Lipinski definition) is 1. The molecule has 0 atom stereocenters. The van der Waals surface area contributed by atoms with Gasteiger partial charge < -0.3 is 10.1 Å². The first-order valence-corrected chi connectivity index (χ1v) is 8.59. The molecular formula is C19H28N2O3. The number of anilines is 2. The Bertz CT molecular complexity index is 618. The van der Waals surface area contributed by atoms with Crippen LogP contribution in [0.4, 0.5) is 16.2 Å².